The van der Waals surface area contributed by atoms with E-state index in [4.69, 9.17) is 0 Å². The van der Waals surface area contributed by atoms with Gasteiger partial charge in [-0.25, -0.2) is 9.97 Å². The highest BCUT2D eigenvalue weighted by Gasteiger charge is 2.25. The van der Waals surface area contributed by atoms with Crippen LogP contribution in [-0.4, -0.2) is 27.0 Å². The number of aryl methyl sites for hydroxylation is 1. The van der Waals surface area contributed by atoms with Crippen LogP contribution in [0, 0.1) is 0 Å². The van der Waals surface area contributed by atoms with Gasteiger partial charge in [0.1, 0.15) is 9.53 Å². The first kappa shape index (κ1) is 18.1. The van der Waals surface area contributed by atoms with E-state index >= 15 is 0 Å². The highest BCUT2D eigenvalue weighted by atomic mass is 32.1. The van der Waals surface area contributed by atoms with Crippen molar-refractivity contribution in [2.24, 2.45) is 0 Å². The molecule has 27 heavy (non-hydrogen) atoms. The number of nitrogens with zero attached hydrogens (tertiary/aromatic N) is 4. The molecule has 0 aromatic carbocycles. The van der Waals surface area contributed by atoms with Gasteiger partial charge in [-0.3, -0.25) is 14.2 Å². The Morgan fingerprint density at radius 1 is 1.15 bits per heavy atom. The number of pyridine rings is 1. The molecule has 3 aromatic rings. The van der Waals surface area contributed by atoms with Gasteiger partial charge in [-0.2, -0.15) is 0 Å². The normalized spacial score (nSPS) is 14.7. The third kappa shape index (κ3) is 3.36. The maximum absolute atomic E-state index is 12.9. The average molecular weight is 385 g/mol. The van der Waals surface area contributed by atoms with Gasteiger partial charge in [-0.05, 0) is 18.9 Å². The van der Waals surface area contributed by atoms with Crippen LogP contribution < -0.4 is 10.5 Å². The van der Waals surface area contributed by atoms with Crippen LogP contribution in [0.25, 0.3) is 20.4 Å². The minimum atomic E-state index is -0.00260. The highest BCUT2D eigenvalue weighted by Crippen LogP contribution is 2.37. The number of anilines is 1. The summed E-state index contributed by atoms with van der Waals surface area (Å²) in [4.78, 5) is 36.8. The summed E-state index contributed by atoms with van der Waals surface area (Å²) in [7, 11) is 0. The van der Waals surface area contributed by atoms with Crippen molar-refractivity contribution in [2.45, 2.75) is 58.4 Å². The van der Waals surface area contributed by atoms with Crippen LogP contribution >= 0.6 is 11.3 Å². The fourth-order valence-electron chi connectivity index (χ4n) is 3.74. The summed E-state index contributed by atoms with van der Waals surface area (Å²) < 4.78 is 2.34. The Balaban J connectivity index is 1.71. The van der Waals surface area contributed by atoms with Crippen molar-refractivity contribution in [3.05, 3.63) is 28.9 Å². The molecule has 1 saturated heterocycles. The van der Waals surface area contributed by atoms with Crippen molar-refractivity contribution in [3.63, 3.8) is 0 Å². The number of carbonyl (C=O) groups is 1. The second-order valence-corrected chi connectivity index (χ2v) is 8.10. The van der Waals surface area contributed by atoms with Crippen LogP contribution in [0.4, 0.5) is 5.69 Å². The summed E-state index contributed by atoms with van der Waals surface area (Å²) in [6.45, 7) is 3.61. The predicted octanol–water partition coefficient (Wildman–Crippen LogP) is 4.10. The molecule has 3 aromatic heterocycles. The van der Waals surface area contributed by atoms with Gasteiger partial charge in [0.15, 0.2) is 0 Å². The summed E-state index contributed by atoms with van der Waals surface area (Å²) in [6, 6.07) is 1.86. The smallest absolute Gasteiger partial charge is 0.271 e. The number of rotatable bonds is 7. The summed E-state index contributed by atoms with van der Waals surface area (Å²) in [5.74, 6) is 0.127. The zero-order chi connectivity index (χ0) is 18.8. The second kappa shape index (κ2) is 7.76. The Kier molecular flexibility index (Phi) is 5.20. The van der Waals surface area contributed by atoms with Crippen LogP contribution in [0.15, 0.2) is 23.4 Å². The molecule has 142 valence electrons. The van der Waals surface area contributed by atoms with Crippen molar-refractivity contribution in [1.29, 1.82) is 0 Å². The number of carbonyl (C=O) groups excluding carboxylic acids is 1. The maximum atomic E-state index is 12.9. The number of hydrogen-bond donors (Lipinski definition) is 0. The first-order valence-corrected chi connectivity index (χ1v) is 10.6. The SMILES string of the molecule is CCCCCCCn1cnc2c(sc3nccc(N4CCCC4=O)c32)c1=O. The molecule has 1 amide bonds. The van der Waals surface area contributed by atoms with Gasteiger partial charge in [0.25, 0.3) is 5.56 Å². The van der Waals surface area contributed by atoms with Crippen molar-refractivity contribution >= 4 is 43.4 Å². The lowest BCUT2D eigenvalue weighted by atomic mass is 10.1. The Morgan fingerprint density at radius 2 is 2.00 bits per heavy atom. The van der Waals surface area contributed by atoms with E-state index < -0.39 is 0 Å². The third-order valence-corrected chi connectivity index (χ3v) is 6.27. The zero-order valence-corrected chi connectivity index (χ0v) is 16.4. The molecule has 0 N–H and O–H groups in total. The Morgan fingerprint density at radius 3 is 2.78 bits per heavy atom. The van der Waals surface area contributed by atoms with E-state index in [0.717, 1.165) is 35.2 Å². The molecular weight excluding hydrogens is 360 g/mol. The summed E-state index contributed by atoms with van der Waals surface area (Å²) in [5.41, 5.74) is 1.50. The van der Waals surface area contributed by atoms with Gasteiger partial charge in [0.2, 0.25) is 5.91 Å². The van der Waals surface area contributed by atoms with E-state index in [2.05, 4.69) is 16.9 Å². The molecule has 1 aliphatic rings. The Hall–Kier alpha value is -2.28. The molecule has 7 heteroatoms. The Bertz CT molecular complexity index is 1040. The van der Waals surface area contributed by atoms with Gasteiger partial charge in [-0.1, -0.05) is 32.6 Å². The standard InChI is InChI=1S/C20H24N4O2S/c1-2-3-4-5-6-11-23-13-22-17-16-14(24-12-7-8-15(24)25)9-10-21-19(16)27-18(17)20(23)26/h9-10,13H,2-8,11-12H2,1H3. The van der Waals surface area contributed by atoms with Gasteiger partial charge >= 0.3 is 0 Å². The Labute approximate surface area is 161 Å². The maximum Gasteiger partial charge on any atom is 0.271 e. The number of amides is 1. The predicted molar refractivity (Wildman–Crippen MR) is 110 cm³/mol. The summed E-state index contributed by atoms with van der Waals surface area (Å²) in [5, 5.41) is 0.833. The average Bonchev–Trinajstić information content (AvgIpc) is 3.27. The molecule has 4 rings (SSSR count). The van der Waals surface area contributed by atoms with Gasteiger partial charge < -0.3 is 4.90 Å². The van der Waals surface area contributed by atoms with Gasteiger partial charge in [-0.15, -0.1) is 11.3 Å². The highest BCUT2D eigenvalue weighted by molar-refractivity contribution is 7.25. The van der Waals surface area contributed by atoms with E-state index in [9.17, 15) is 9.59 Å². The lowest BCUT2D eigenvalue weighted by Gasteiger charge is -2.16. The van der Waals surface area contributed by atoms with Crippen LogP contribution in [0.1, 0.15) is 51.9 Å². The molecule has 0 unspecified atom stereocenters. The molecule has 1 aliphatic heterocycles. The van der Waals surface area contributed by atoms with Gasteiger partial charge in [0, 0.05) is 25.7 Å². The molecular formula is C20H24N4O2S. The number of hydrogen-bond acceptors (Lipinski definition) is 5. The quantitative estimate of drug-likeness (QED) is 0.575. The van der Waals surface area contributed by atoms with Crippen LogP contribution in [-0.2, 0) is 11.3 Å². The number of aromatic nitrogens is 3. The molecule has 0 saturated carbocycles. The molecule has 0 aliphatic carbocycles. The second-order valence-electron chi connectivity index (χ2n) is 7.10. The molecule has 0 atom stereocenters. The van der Waals surface area contributed by atoms with Crippen molar-refractivity contribution < 1.29 is 4.79 Å². The zero-order valence-electron chi connectivity index (χ0n) is 15.6. The van der Waals surface area contributed by atoms with Crippen molar-refractivity contribution in [2.75, 3.05) is 11.4 Å². The van der Waals surface area contributed by atoms with Crippen LogP contribution in [0.2, 0.25) is 0 Å². The van der Waals surface area contributed by atoms with Crippen molar-refractivity contribution in [1.82, 2.24) is 14.5 Å². The molecule has 0 bridgehead atoms. The lowest BCUT2D eigenvalue weighted by Crippen LogP contribution is -2.24. The van der Waals surface area contributed by atoms with Crippen LogP contribution in [0.3, 0.4) is 0 Å². The van der Waals surface area contributed by atoms with E-state index in [1.54, 1.807) is 22.0 Å². The molecule has 0 spiro atoms. The van der Waals surface area contributed by atoms with Gasteiger partial charge in [0.05, 0.1) is 22.9 Å². The van der Waals surface area contributed by atoms with Crippen molar-refractivity contribution in [3.8, 4) is 0 Å². The largest absolute Gasteiger partial charge is 0.312 e. The lowest BCUT2D eigenvalue weighted by molar-refractivity contribution is -0.117. The van der Waals surface area contributed by atoms with E-state index in [1.807, 2.05) is 6.07 Å². The fourth-order valence-corrected chi connectivity index (χ4v) is 4.81. The first-order chi connectivity index (χ1) is 13.2. The molecule has 1 fully saturated rings. The number of fused-ring (bicyclic) bond motifs is 3. The third-order valence-electron chi connectivity index (χ3n) is 5.19. The summed E-state index contributed by atoms with van der Waals surface area (Å²) >= 11 is 1.38. The topological polar surface area (TPSA) is 68.1 Å². The van der Waals surface area contributed by atoms with E-state index in [0.29, 0.717) is 29.7 Å². The number of thiophene rings is 1. The number of unbranched alkanes of at least 4 members (excludes halogenated alkanes) is 4. The van der Waals surface area contributed by atoms with E-state index in [-0.39, 0.29) is 11.5 Å². The monoisotopic (exact) mass is 384 g/mol. The molecule has 4 heterocycles. The fraction of sp³-hybridized carbons (Fsp3) is 0.500. The summed E-state index contributed by atoms with van der Waals surface area (Å²) in [6.07, 6.45) is 10.6. The molecule has 6 nitrogen and oxygen atoms in total. The first-order valence-electron chi connectivity index (χ1n) is 9.77. The van der Waals surface area contributed by atoms with E-state index in [1.165, 1.54) is 30.6 Å². The minimum Gasteiger partial charge on any atom is -0.312 e. The minimum absolute atomic E-state index is 0.00260. The van der Waals surface area contributed by atoms with Crippen LogP contribution in [0.5, 0.6) is 0 Å². The molecule has 0 radical (unpaired) electrons.